The van der Waals surface area contributed by atoms with E-state index in [0.29, 0.717) is 37.9 Å². The van der Waals surface area contributed by atoms with Gasteiger partial charge in [-0.15, -0.1) is 0 Å². The molecule has 5 nitrogen and oxygen atoms in total. The number of carbonyl (C=O) groups is 1. The third-order valence-corrected chi connectivity index (χ3v) is 4.53. The van der Waals surface area contributed by atoms with Crippen LogP contribution >= 0.6 is 11.6 Å². The molecule has 0 radical (unpaired) electrons. The van der Waals surface area contributed by atoms with Gasteiger partial charge in [-0.1, -0.05) is 24.6 Å². The normalized spacial score (nSPS) is 16.3. The van der Waals surface area contributed by atoms with Gasteiger partial charge in [0.2, 0.25) is 5.91 Å². The first-order valence-corrected chi connectivity index (χ1v) is 8.70. The summed E-state index contributed by atoms with van der Waals surface area (Å²) in [6.07, 6.45) is 2.51. The molecule has 128 valence electrons. The fourth-order valence-electron chi connectivity index (χ4n) is 3.01. The topological polar surface area (TPSA) is 54.5 Å². The lowest BCUT2D eigenvalue weighted by Crippen LogP contribution is -2.50. The van der Waals surface area contributed by atoms with Crippen LogP contribution in [0.1, 0.15) is 18.9 Å². The predicted octanol–water partition coefficient (Wildman–Crippen LogP) is 2.62. The molecule has 0 aliphatic carbocycles. The van der Waals surface area contributed by atoms with Crippen molar-refractivity contribution in [3.05, 3.63) is 41.0 Å². The number of benzene rings is 1. The molecule has 2 aromatic rings. The Hall–Kier alpha value is -1.69. The van der Waals surface area contributed by atoms with Gasteiger partial charge in [-0.05, 0) is 30.2 Å². The fraction of sp³-hybridized carbons (Fsp3) is 0.444. The zero-order chi connectivity index (χ0) is 16.9. The summed E-state index contributed by atoms with van der Waals surface area (Å²) in [6.45, 7) is 5.14. The number of fused-ring (bicyclic) bond motifs is 1. The molecule has 1 fully saturated rings. The highest BCUT2D eigenvalue weighted by atomic mass is 35.5. The average Bonchev–Trinajstić information content (AvgIpc) is 2.62. The fourth-order valence-corrected chi connectivity index (χ4v) is 3.26. The number of halogens is 1. The van der Waals surface area contributed by atoms with Crippen LogP contribution in [0, 0.1) is 0 Å². The molecule has 0 bridgehead atoms. The van der Waals surface area contributed by atoms with Crippen LogP contribution in [0.3, 0.4) is 0 Å². The monoisotopic (exact) mass is 347 g/mol. The van der Waals surface area contributed by atoms with Gasteiger partial charge < -0.3 is 15.0 Å². The molecule has 1 aromatic carbocycles. The number of carbonyl (C=O) groups excluding carboxylic acids is 1. The highest BCUT2D eigenvalue weighted by Crippen LogP contribution is 2.22. The minimum absolute atomic E-state index is 0.139. The molecule has 6 heteroatoms. The van der Waals surface area contributed by atoms with Gasteiger partial charge in [-0.3, -0.25) is 9.78 Å². The van der Waals surface area contributed by atoms with Crippen LogP contribution in [-0.4, -0.2) is 48.1 Å². The summed E-state index contributed by atoms with van der Waals surface area (Å²) in [7, 11) is 0. The lowest BCUT2D eigenvalue weighted by Gasteiger charge is -2.30. The average molecular weight is 348 g/mol. The first kappa shape index (κ1) is 17.1. The molecule has 0 spiro atoms. The Labute approximate surface area is 146 Å². The Morgan fingerprint density at radius 1 is 1.42 bits per heavy atom. The Morgan fingerprint density at radius 3 is 2.96 bits per heavy atom. The van der Waals surface area contributed by atoms with Gasteiger partial charge >= 0.3 is 0 Å². The molecule has 1 aromatic heterocycles. The Kier molecular flexibility index (Phi) is 5.66. The molecule has 0 unspecified atom stereocenters. The van der Waals surface area contributed by atoms with Crippen LogP contribution in [0.2, 0.25) is 5.02 Å². The summed E-state index contributed by atoms with van der Waals surface area (Å²) in [5, 5.41) is 5.06. The first-order chi connectivity index (χ1) is 11.7. The second kappa shape index (κ2) is 7.92. The highest BCUT2D eigenvalue weighted by molar-refractivity contribution is 6.31. The van der Waals surface area contributed by atoms with Gasteiger partial charge in [0.05, 0.1) is 24.8 Å². The van der Waals surface area contributed by atoms with Gasteiger partial charge in [0.25, 0.3) is 0 Å². The van der Waals surface area contributed by atoms with Crippen LogP contribution in [0.25, 0.3) is 10.9 Å². The van der Waals surface area contributed by atoms with E-state index in [-0.39, 0.29) is 11.9 Å². The number of pyridine rings is 1. The van der Waals surface area contributed by atoms with E-state index in [9.17, 15) is 4.79 Å². The van der Waals surface area contributed by atoms with Crippen molar-refractivity contribution < 1.29 is 9.53 Å². The number of hydrogen-bond donors (Lipinski definition) is 1. The van der Waals surface area contributed by atoms with Crippen molar-refractivity contribution in [2.75, 3.05) is 26.3 Å². The number of hydrogen-bond acceptors (Lipinski definition) is 4. The van der Waals surface area contributed by atoms with Crippen molar-refractivity contribution in [1.29, 1.82) is 0 Å². The number of nitrogens with one attached hydrogen (secondary N) is 1. The third kappa shape index (κ3) is 3.86. The number of rotatable bonds is 5. The molecule has 1 N–H and O–H groups in total. The molecule has 24 heavy (non-hydrogen) atoms. The Bertz CT molecular complexity index is 716. The molecule has 3 rings (SSSR count). The molecular formula is C18H22ClN3O2. The number of nitrogens with zero attached hydrogens (tertiary/aromatic N) is 2. The zero-order valence-corrected chi connectivity index (χ0v) is 14.6. The number of aromatic nitrogens is 1. The number of ether oxygens (including phenoxy) is 1. The van der Waals surface area contributed by atoms with Crippen molar-refractivity contribution in [1.82, 2.24) is 15.2 Å². The third-order valence-electron chi connectivity index (χ3n) is 4.32. The van der Waals surface area contributed by atoms with Crippen molar-refractivity contribution in [3.8, 4) is 0 Å². The maximum atomic E-state index is 12.6. The van der Waals surface area contributed by atoms with Gasteiger partial charge in [0.1, 0.15) is 0 Å². The minimum Gasteiger partial charge on any atom is -0.378 e. The second-order valence-electron chi connectivity index (χ2n) is 5.92. The maximum absolute atomic E-state index is 12.6. The van der Waals surface area contributed by atoms with Crippen LogP contribution in [0.4, 0.5) is 0 Å². The van der Waals surface area contributed by atoms with E-state index in [1.165, 1.54) is 0 Å². The van der Waals surface area contributed by atoms with E-state index in [4.69, 9.17) is 16.3 Å². The van der Waals surface area contributed by atoms with Gasteiger partial charge in [0.15, 0.2) is 0 Å². The van der Waals surface area contributed by atoms with Crippen LogP contribution in [0.5, 0.6) is 0 Å². The van der Waals surface area contributed by atoms with E-state index < -0.39 is 0 Å². The second-order valence-corrected chi connectivity index (χ2v) is 6.36. The van der Waals surface area contributed by atoms with E-state index in [0.717, 1.165) is 22.9 Å². The smallest absolute Gasteiger partial charge is 0.239 e. The molecule has 1 aliphatic heterocycles. The predicted molar refractivity (Wildman–Crippen MR) is 95.1 cm³/mol. The van der Waals surface area contributed by atoms with Crippen molar-refractivity contribution in [3.63, 3.8) is 0 Å². The Balaban J connectivity index is 1.72. The van der Waals surface area contributed by atoms with Crippen molar-refractivity contribution >= 4 is 28.4 Å². The molecular weight excluding hydrogens is 326 g/mol. The van der Waals surface area contributed by atoms with Crippen LogP contribution in [-0.2, 0) is 16.1 Å². The lowest BCUT2D eigenvalue weighted by atomic mass is 10.1. The molecule has 2 heterocycles. The number of morpholine rings is 1. The molecule has 0 saturated carbocycles. The lowest BCUT2D eigenvalue weighted by molar-refractivity contribution is -0.137. The summed E-state index contributed by atoms with van der Waals surface area (Å²) in [6, 6.07) is 7.50. The quantitative estimate of drug-likeness (QED) is 0.903. The summed E-state index contributed by atoms with van der Waals surface area (Å²) < 4.78 is 5.32. The zero-order valence-electron chi connectivity index (χ0n) is 13.8. The van der Waals surface area contributed by atoms with Gasteiger partial charge in [-0.2, -0.15) is 0 Å². The van der Waals surface area contributed by atoms with Crippen molar-refractivity contribution in [2.45, 2.75) is 25.9 Å². The van der Waals surface area contributed by atoms with Crippen LogP contribution in [0.15, 0.2) is 30.5 Å². The standard InChI is InChI=1S/C18H22ClN3O2/c1-2-16(18(23)22-6-8-24-9-7-22)21-12-14-11-15(19)10-13-4-3-5-20-17(13)14/h3-5,10-11,16,21H,2,6-9,12H2,1H3/t16-/m0/s1. The Morgan fingerprint density at radius 2 is 2.21 bits per heavy atom. The van der Waals surface area contributed by atoms with Crippen molar-refractivity contribution in [2.24, 2.45) is 0 Å². The van der Waals surface area contributed by atoms with E-state index in [2.05, 4.69) is 10.3 Å². The summed E-state index contributed by atoms with van der Waals surface area (Å²) in [5.41, 5.74) is 1.93. The van der Waals surface area contributed by atoms with Gasteiger partial charge in [-0.25, -0.2) is 0 Å². The first-order valence-electron chi connectivity index (χ1n) is 8.32. The summed E-state index contributed by atoms with van der Waals surface area (Å²) >= 11 is 6.21. The largest absolute Gasteiger partial charge is 0.378 e. The molecule has 1 atom stereocenters. The SMILES string of the molecule is CC[C@H](NCc1cc(Cl)cc2cccnc12)C(=O)N1CCOCC1. The van der Waals surface area contributed by atoms with Crippen LogP contribution < -0.4 is 5.32 Å². The highest BCUT2D eigenvalue weighted by Gasteiger charge is 2.24. The van der Waals surface area contributed by atoms with E-state index in [1.54, 1.807) is 6.20 Å². The molecule has 1 amide bonds. The molecule has 1 aliphatic rings. The number of amides is 1. The summed E-state index contributed by atoms with van der Waals surface area (Å²) in [5.74, 6) is 0.139. The van der Waals surface area contributed by atoms with E-state index in [1.807, 2.05) is 36.1 Å². The minimum atomic E-state index is -0.208. The molecule has 1 saturated heterocycles. The van der Waals surface area contributed by atoms with E-state index >= 15 is 0 Å². The maximum Gasteiger partial charge on any atom is 0.239 e. The van der Waals surface area contributed by atoms with Gasteiger partial charge in [0, 0.05) is 36.2 Å². The summed E-state index contributed by atoms with van der Waals surface area (Å²) in [4.78, 5) is 19.0.